The summed E-state index contributed by atoms with van der Waals surface area (Å²) in [6.45, 7) is 0.165. The molecule has 1 rings (SSSR count). The van der Waals surface area contributed by atoms with E-state index in [0.29, 0.717) is 6.42 Å². The quantitative estimate of drug-likeness (QED) is 0.413. The summed E-state index contributed by atoms with van der Waals surface area (Å²) in [4.78, 5) is 10.9. The van der Waals surface area contributed by atoms with Gasteiger partial charge in [0.25, 0.3) is 0 Å². The molecule has 0 aromatic carbocycles. The first kappa shape index (κ1) is 15.2. The van der Waals surface area contributed by atoms with Crippen molar-refractivity contribution in [2.45, 2.75) is 44.6 Å². The second-order valence-corrected chi connectivity index (χ2v) is 4.93. The summed E-state index contributed by atoms with van der Waals surface area (Å²) in [5.74, 6) is 0.251. The molecule has 4 heteroatoms. The van der Waals surface area contributed by atoms with E-state index in [-0.39, 0.29) is 30.5 Å². The van der Waals surface area contributed by atoms with Gasteiger partial charge in [-0.1, -0.05) is 12.2 Å². The number of esters is 1. The van der Waals surface area contributed by atoms with Crippen molar-refractivity contribution in [1.29, 1.82) is 0 Å². The number of rotatable bonds is 7. The maximum absolute atomic E-state index is 10.9. The molecular formula is C14H24O4. The zero-order valence-electron chi connectivity index (χ0n) is 11.0. The predicted molar refractivity (Wildman–Crippen MR) is 68.9 cm³/mol. The van der Waals surface area contributed by atoms with Crippen LogP contribution in [0.15, 0.2) is 12.2 Å². The van der Waals surface area contributed by atoms with Gasteiger partial charge in [0, 0.05) is 13.0 Å². The zero-order chi connectivity index (χ0) is 13.4. The molecule has 1 fully saturated rings. The average Bonchev–Trinajstić information content (AvgIpc) is 2.74. The van der Waals surface area contributed by atoms with Crippen LogP contribution in [0.4, 0.5) is 0 Å². The topological polar surface area (TPSA) is 66.8 Å². The molecule has 3 atom stereocenters. The van der Waals surface area contributed by atoms with Gasteiger partial charge in [-0.05, 0) is 43.9 Å². The van der Waals surface area contributed by atoms with Crippen molar-refractivity contribution in [3.63, 3.8) is 0 Å². The third-order valence-corrected chi connectivity index (χ3v) is 3.72. The van der Waals surface area contributed by atoms with Gasteiger partial charge in [0.2, 0.25) is 0 Å². The van der Waals surface area contributed by atoms with Crippen LogP contribution in [-0.4, -0.2) is 36.0 Å². The van der Waals surface area contributed by atoms with E-state index in [1.807, 2.05) is 6.08 Å². The lowest BCUT2D eigenvalue weighted by atomic mass is 9.92. The maximum atomic E-state index is 10.9. The Morgan fingerprint density at radius 2 is 2.17 bits per heavy atom. The summed E-state index contributed by atoms with van der Waals surface area (Å²) >= 11 is 0. The smallest absolute Gasteiger partial charge is 0.305 e. The monoisotopic (exact) mass is 256 g/mol. The molecule has 0 heterocycles. The van der Waals surface area contributed by atoms with Crippen LogP contribution in [0.5, 0.6) is 0 Å². The Labute approximate surface area is 109 Å². The normalized spacial score (nSPS) is 27.8. The summed E-state index contributed by atoms with van der Waals surface area (Å²) in [6.07, 6.45) is 8.44. The van der Waals surface area contributed by atoms with E-state index < -0.39 is 0 Å². The summed E-state index contributed by atoms with van der Waals surface area (Å²) in [5, 5.41) is 19.0. The summed E-state index contributed by atoms with van der Waals surface area (Å²) in [6, 6.07) is 0. The van der Waals surface area contributed by atoms with Crippen LogP contribution in [0.3, 0.4) is 0 Å². The molecule has 104 valence electrons. The van der Waals surface area contributed by atoms with Crippen LogP contribution in [0.2, 0.25) is 0 Å². The van der Waals surface area contributed by atoms with Gasteiger partial charge in [0.1, 0.15) is 0 Å². The van der Waals surface area contributed by atoms with Gasteiger partial charge in [-0.3, -0.25) is 4.79 Å². The maximum Gasteiger partial charge on any atom is 0.305 e. The number of carbonyl (C=O) groups excluding carboxylic acids is 1. The predicted octanol–water partition coefficient (Wildman–Crippen LogP) is 1.66. The van der Waals surface area contributed by atoms with Crippen LogP contribution < -0.4 is 0 Å². The highest BCUT2D eigenvalue weighted by Gasteiger charge is 2.33. The van der Waals surface area contributed by atoms with Crippen LogP contribution in [0.1, 0.15) is 38.5 Å². The van der Waals surface area contributed by atoms with Gasteiger partial charge in [-0.2, -0.15) is 0 Å². The molecule has 0 saturated heterocycles. The molecule has 4 nitrogen and oxygen atoms in total. The number of hydrogen-bond acceptors (Lipinski definition) is 4. The lowest BCUT2D eigenvalue weighted by Gasteiger charge is -2.18. The molecule has 18 heavy (non-hydrogen) atoms. The average molecular weight is 256 g/mol. The minimum Gasteiger partial charge on any atom is -0.469 e. The van der Waals surface area contributed by atoms with Crippen LogP contribution in [0.25, 0.3) is 0 Å². The molecule has 0 aromatic heterocycles. The van der Waals surface area contributed by atoms with Gasteiger partial charge in [0.05, 0.1) is 13.2 Å². The third-order valence-electron chi connectivity index (χ3n) is 3.72. The molecule has 2 N–H and O–H groups in total. The second-order valence-electron chi connectivity index (χ2n) is 4.93. The standard InChI is InChI=1S/C14H24O4/c1-18-14(17)7-5-3-2-4-6-12-11(10-15)8-9-13(12)16/h2,4,11-13,15-16H,3,5-10H2,1H3. The van der Waals surface area contributed by atoms with E-state index in [0.717, 1.165) is 32.1 Å². The molecule has 1 saturated carbocycles. The zero-order valence-corrected chi connectivity index (χ0v) is 11.0. The fraction of sp³-hybridized carbons (Fsp3) is 0.786. The Bertz CT molecular complexity index is 275. The highest BCUT2D eigenvalue weighted by Crippen LogP contribution is 2.34. The van der Waals surface area contributed by atoms with Gasteiger partial charge in [-0.15, -0.1) is 0 Å². The number of carbonyl (C=O) groups is 1. The van der Waals surface area contributed by atoms with Crippen molar-refractivity contribution in [3.05, 3.63) is 12.2 Å². The first-order chi connectivity index (χ1) is 8.69. The van der Waals surface area contributed by atoms with Gasteiger partial charge < -0.3 is 14.9 Å². The van der Waals surface area contributed by atoms with Crippen molar-refractivity contribution < 1.29 is 19.7 Å². The highest BCUT2D eigenvalue weighted by atomic mass is 16.5. The van der Waals surface area contributed by atoms with E-state index in [9.17, 15) is 15.0 Å². The molecule has 0 aromatic rings. The molecule has 0 aliphatic heterocycles. The Balaban J connectivity index is 2.17. The molecule has 0 bridgehead atoms. The molecular weight excluding hydrogens is 232 g/mol. The van der Waals surface area contributed by atoms with Gasteiger partial charge in [0.15, 0.2) is 0 Å². The van der Waals surface area contributed by atoms with Crippen molar-refractivity contribution in [3.8, 4) is 0 Å². The first-order valence-corrected chi connectivity index (χ1v) is 6.69. The van der Waals surface area contributed by atoms with E-state index >= 15 is 0 Å². The molecule has 1 aliphatic carbocycles. The number of methoxy groups -OCH3 is 1. The lowest BCUT2D eigenvalue weighted by Crippen LogP contribution is -2.20. The van der Waals surface area contributed by atoms with E-state index in [4.69, 9.17) is 0 Å². The van der Waals surface area contributed by atoms with E-state index in [2.05, 4.69) is 10.8 Å². The number of allylic oxidation sites excluding steroid dienone is 2. The largest absolute Gasteiger partial charge is 0.469 e. The SMILES string of the molecule is COC(=O)CCCC=CCC1C(O)CCC1CO. The second kappa shape index (κ2) is 8.27. The number of ether oxygens (including phenoxy) is 1. The fourth-order valence-electron chi connectivity index (χ4n) is 2.54. The highest BCUT2D eigenvalue weighted by molar-refractivity contribution is 5.68. The van der Waals surface area contributed by atoms with Crippen LogP contribution in [-0.2, 0) is 9.53 Å². The summed E-state index contributed by atoms with van der Waals surface area (Å²) in [5.41, 5.74) is 0. The minimum atomic E-state index is -0.276. The number of aliphatic hydroxyl groups excluding tert-OH is 2. The lowest BCUT2D eigenvalue weighted by molar-refractivity contribution is -0.140. The molecule has 0 amide bonds. The first-order valence-electron chi connectivity index (χ1n) is 6.69. The summed E-state index contributed by atoms with van der Waals surface area (Å²) in [7, 11) is 1.40. The van der Waals surface area contributed by atoms with Gasteiger partial charge in [-0.25, -0.2) is 0 Å². The number of unbranched alkanes of at least 4 members (excludes halogenated alkanes) is 1. The number of aliphatic hydroxyl groups is 2. The Morgan fingerprint density at radius 3 is 2.83 bits per heavy atom. The molecule has 3 unspecified atom stereocenters. The fourth-order valence-corrected chi connectivity index (χ4v) is 2.54. The van der Waals surface area contributed by atoms with Crippen LogP contribution in [0, 0.1) is 11.8 Å². The molecule has 1 aliphatic rings. The van der Waals surface area contributed by atoms with Crippen molar-refractivity contribution in [2.24, 2.45) is 11.8 Å². The van der Waals surface area contributed by atoms with Gasteiger partial charge >= 0.3 is 5.97 Å². The number of hydrogen-bond donors (Lipinski definition) is 2. The van der Waals surface area contributed by atoms with E-state index in [1.54, 1.807) is 0 Å². The Hall–Kier alpha value is -0.870. The van der Waals surface area contributed by atoms with Crippen molar-refractivity contribution >= 4 is 5.97 Å². The van der Waals surface area contributed by atoms with Crippen LogP contribution >= 0.6 is 0 Å². The summed E-state index contributed by atoms with van der Waals surface area (Å²) < 4.78 is 4.56. The van der Waals surface area contributed by atoms with Crippen molar-refractivity contribution in [2.75, 3.05) is 13.7 Å². The molecule has 0 spiro atoms. The van der Waals surface area contributed by atoms with Crippen molar-refractivity contribution in [1.82, 2.24) is 0 Å². The Morgan fingerprint density at radius 1 is 1.39 bits per heavy atom. The third kappa shape index (κ3) is 4.78. The minimum absolute atomic E-state index is 0.165. The van der Waals surface area contributed by atoms with E-state index in [1.165, 1.54) is 7.11 Å². The molecule has 0 radical (unpaired) electrons. The Kier molecular flexibility index (Phi) is 6.98.